The third kappa shape index (κ3) is 8.18. The molecular formula is C29H33ClIN3O4S. The Bertz CT molecular complexity index is 1350. The molecular weight excluding hydrogens is 649 g/mol. The number of carbonyl (C=O) groups is 2. The van der Waals surface area contributed by atoms with Crippen molar-refractivity contribution in [3.63, 3.8) is 0 Å². The van der Waals surface area contributed by atoms with Gasteiger partial charge < -0.3 is 10.2 Å². The van der Waals surface area contributed by atoms with Crippen molar-refractivity contribution in [3.8, 4) is 0 Å². The number of sulfonamides is 1. The van der Waals surface area contributed by atoms with Gasteiger partial charge in [-0.25, -0.2) is 8.42 Å². The predicted octanol–water partition coefficient (Wildman–Crippen LogP) is 5.86. The second-order valence-corrected chi connectivity index (χ2v) is 12.5. The summed E-state index contributed by atoms with van der Waals surface area (Å²) in [7, 11) is -4.09. The zero-order chi connectivity index (χ0) is 28.4. The van der Waals surface area contributed by atoms with E-state index < -0.39 is 28.5 Å². The first-order chi connectivity index (χ1) is 18.7. The predicted molar refractivity (Wildman–Crippen MR) is 164 cm³/mol. The van der Waals surface area contributed by atoms with E-state index in [1.165, 1.54) is 17.0 Å². The second-order valence-electron chi connectivity index (χ2n) is 8.98. The van der Waals surface area contributed by atoms with Gasteiger partial charge in [0, 0.05) is 21.7 Å². The third-order valence-electron chi connectivity index (χ3n) is 6.24. The molecule has 0 aliphatic rings. The Morgan fingerprint density at radius 1 is 0.949 bits per heavy atom. The zero-order valence-corrected chi connectivity index (χ0v) is 25.7. The Kier molecular flexibility index (Phi) is 11.6. The smallest absolute Gasteiger partial charge is 0.264 e. The number of hydrogen-bond donors (Lipinski definition) is 1. The highest BCUT2D eigenvalue weighted by atomic mass is 127. The number of unbranched alkanes of at least 4 members (excludes halogenated alkanes) is 1. The fourth-order valence-corrected chi connectivity index (χ4v) is 6.08. The minimum Gasteiger partial charge on any atom is -0.354 e. The molecule has 2 amide bonds. The number of halogens is 2. The van der Waals surface area contributed by atoms with Crippen molar-refractivity contribution in [2.75, 3.05) is 17.4 Å². The van der Waals surface area contributed by atoms with Crippen LogP contribution in [-0.4, -0.2) is 44.3 Å². The zero-order valence-electron chi connectivity index (χ0n) is 22.0. The number of amides is 2. The molecule has 0 aliphatic carbocycles. The summed E-state index contributed by atoms with van der Waals surface area (Å²) in [6.45, 7) is 3.93. The van der Waals surface area contributed by atoms with E-state index in [-0.39, 0.29) is 17.3 Å². The summed E-state index contributed by atoms with van der Waals surface area (Å²) in [5, 5.41) is 3.38. The Morgan fingerprint density at radius 2 is 1.59 bits per heavy atom. The number of anilines is 1. The van der Waals surface area contributed by atoms with E-state index in [0.717, 1.165) is 20.7 Å². The third-order valence-corrected chi connectivity index (χ3v) is 9.11. The van der Waals surface area contributed by atoms with Crippen LogP contribution in [0.25, 0.3) is 0 Å². The first kappa shape index (κ1) is 30.9. The van der Waals surface area contributed by atoms with E-state index in [0.29, 0.717) is 29.2 Å². The molecule has 0 heterocycles. The quantitative estimate of drug-likeness (QED) is 0.181. The highest BCUT2D eigenvalue weighted by molar-refractivity contribution is 14.1. The summed E-state index contributed by atoms with van der Waals surface area (Å²) in [6.07, 6.45) is 2.08. The molecule has 7 nitrogen and oxygen atoms in total. The Morgan fingerprint density at radius 3 is 2.21 bits per heavy atom. The van der Waals surface area contributed by atoms with Crippen LogP contribution in [-0.2, 0) is 26.2 Å². The minimum atomic E-state index is -4.09. The van der Waals surface area contributed by atoms with Crippen molar-refractivity contribution in [1.29, 1.82) is 0 Å². The van der Waals surface area contributed by atoms with E-state index >= 15 is 0 Å². The molecule has 10 heteroatoms. The molecule has 0 aliphatic heterocycles. The van der Waals surface area contributed by atoms with Gasteiger partial charge in [-0.1, -0.05) is 68.3 Å². The average Bonchev–Trinajstić information content (AvgIpc) is 2.93. The Hall–Kier alpha value is -2.63. The number of nitrogens with zero attached hydrogens (tertiary/aromatic N) is 2. The molecule has 0 spiro atoms. The molecule has 39 heavy (non-hydrogen) atoms. The minimum absolute atomic E-state index is 0.0596. The molecule has 1 N–H and O–H groups in total. The number of rotatable bonds is 13. The van der Waals surface area contributed by atoms with Crippen LogP contribution < -0.4 is 9.62 Å². The van der Waals surface area contributed by atoms with Gasteiger partial charge in [0.2, 0.25) is 11.8 Å². The molecule has 0 saturated carbocycles. The molecule has 3 aromatic carbocycles. The molecule has 208 valence electrons. The lowest BCUT2D eigenvalue weighted by molar-refractivity contribution is -0.140. The maximum absolute atomic E-state index is 14.0. The van der Waals surface area contributed by atoms with Gasteiger partial charge in [-0.2, -0.15) is 0 Å². The van der Waals surface area contributed by atoms with E-state index in [2.05, 4.69) is 27.9 Å². The van der Waals surface area contributed by atoms with Gasteiger partial charge in [-0.15, -0.1) is 0 Å². The van der Waals surface area contributed by atoms with Crippen molar-refractivity contribution in [3.05, 3.63) is 93.0 Å². The SMILES string of the molecule is CCCCNC(=O)C(CC)N(Cc1ccccc1Cl)C(=O)CN(c1ccc(I)cc1)S(=O)(=O)c1ccccc1. The number of nitrogens with one attached hydrogen (secondary N) is 1. The second kappa shape index (κ2) is 14.7. The van der Waals surface area contributed by atoms with Gasteiger partial charge >= 0.3 is 0 Å². The largest absolute Gasteiger partial charge is 0.354 e. The molecule has 0 fully saturated rings. The molecule has 1 atom stereocenters. The lowest BCUT2D eigenvalue weighted by Crippen LogP contribution is -2.52. The number of carbonyl (C=O) groups excluding carboxylic acids is 2. The van der Waals surface area contributed by atoms with Crippen LogP contribution in [0.4, 0.5) is 5.69 Å². The lowest BCUT2D eigenvalue weighted by Gasteiger charge is -2.33. The molecule has 0 saturated heterocycles. The fraction of sp³-hybridized carbons (Fsp3) is 0.310. The fourth-order valence-electron chi connectivity index (χ4n) is 4.09. The van der Waals surface area contributed by atoms with Gasteiger partial charge in [0.05, 0.1) is 10.6 Å². The molecule has 0 bridgehead atoms. The lowest BCUT2D eigenvalue weighted by atomic mass is 10.1. The van der Waals surface area contributed by atoms with Crippen molar-refractivity contribution in [2.24, 2.45) is 0 Å². The van der Waals surface area contributed by atoms with Gasteiger partial charge in [-0.3, -0.25) is 13.9 Å². The Balaban J connectivity index is 2.02. The van der Waals surface area contributed by atoms with Crippen LogP contribution in [0.2, 0.25) is 5.02 Å². The van der Waals surface area contributed by atoms with Crippen LogP contribution in [0.5, 0.6) is 0 Å². The monoisotopic (exact) mass is 681 g/mol. The first-order valence-corrected chi connectivity index (χ1v) is 15.7. The normalized spacial score (nSPS) is 12.0. The van der Waals surface area contributed by atoms with Crippen LogP contribution in [0.15, 0.2) is 83.8 Å². The summed E-state index contributed by atoms with van der Waals surface area (Å²) >= 11 is 8.56. The van der Waals surface area contributed by atoms with Crippen molar-refractivity contribution < 1.29 is 18.0 Å². The summed E-state index contributed by atoms with van der Waals surface area (Å²) in [5.41, 5.74) is 1.02. The van der Waals surface area contributed by atoms with E-state index in [4.69, 9.17) is 11.6 Å². The van der Waals surface area contributed by atoms with Crippen LogP contribution in [0, 0.1) is 3.57 Å². The summed E-state index contributed by atoms with van der Waals surface area (Å²) in [5.74, 6) is -0.788. The van der Waals surface area contributed by atoms with Crippen molar-refractivity contribution >= 4 is 61.7 Å². The first-order valence-electron chi connectivity index (χ1n) is 12.8. The number of hydrogen-bond acceptors (Lipinski definition) is 4. The van der Waals surface area contributed by atoms with E-state index in [1.807, 2.05) is 19.9 Å². The molecule has 0 aromatic heterocycles. The standard InChI is InChI=1S/C29H33ClIN3O4S/c1-3-5-19-32-29(36)27(4-2)33(20-22-11-9-10-14-26(22)30)28(35)21-34(24-17-15-23(31)16-18-24)39(37,38)25-12-7-6-8-13-25/h6-18,27H,3-5,19-21H2,1-2H3,(H,32,36). The Labute approximate surface area is 249 Å². The van der Waals surface area contributed by atoms with Crippen LogP contribution in [0.1, 0.15) is 38.7 Å². The molecule has 0 radical (unpaired) electrons. The van der Waals surface area contributed by atoms with E-state index in [1.54, 1.807) is 60.7 Å². The van der Waals surface area contributed by atoms with Gasteiger partial charge in [0.25, 0.3) is 10.0 Å². The summed E-state index contributed by atoms with van der Waals surface area (Å²) in [4.78, 5) is 28.7. The summed E-state index contributed by atoms with van der Waals surface area (Å²) < 4.78 is 29.6. The summed E-state index contributed by atoms with van der Waals surface area (Å²) in [6, 6.07) is 21.2. The van der Waals surface area contributed by atoms with Gasteiger partial charge in [0.1, 0.15) is 12.6 Å². The maximum atomic E-state index is 14.0. The van der Waals surface area contributed by atoms with E-state index in [9.17, 15) is 18.0 Å². The molecule has 1 unspecified atom stereocenters. The topological polar surface area (TPSA) is 86.8 Å². The molecule has 3 rings (SSSR count). The van der Waals surface area contributed by atoms with Crippen LogP contribution in [0.3, 0.4) is 0 Å². The van der Waals surface area contributed by atoms with Crippen LogP contribution >= 0.6 is 34.2 Å². The average molecular weight is 682 g/mol. The highest BCUT2D eigenvalue weighted by Crippen LogP contribution is 2.26. The van der Waals surface area contributed by atoms with Gasteiger partial charge in [-0.05, 0) is 83.5 Å². The molecule has 3 aromatic rings. The van der Waals surface area contributed by atoms with Crippen molar-refractivity contribution in [1.82, 2.24) is 10.2 Å². The van der Waals surface area contributed by atoms with Crippen molar-refractivity contribution in [2.45, 2.75) is 50.6 Å². The highest BCUT2D eigenvalue weighted by Gasteiger charge is 2.33. The van der Waals surface area contributed by atoms with Gasteiger partial charge in [0.15, 0.2) is 0 Å². The maximum Gasteiger partial charge on any atom is 0.264 e. The number of benzene rings is 3.